The molecule has 1 aromatic heterocycles. The zero-order valence-corrected chi connectivity index (χ0v) is 15.9. The van der Waals surface area contributed by atoms with Crippen molar-refractivity contribution in [2.45, 2.75) is 6.42 Å². The second kappa shape index (κ2) is 5.98. The van der Waals surface area contributed by atoms with Crippen LogP contribution in [0.3, 0.4) is 0 Å². The maximum atomic E-state index is 11.4. The third kappa shape index (κ3) is 2.67. The summed E-state index contributed by atoms with van der Waals surface area (Å²) in [4.78, 5) is 11.4. The van der Waals surface area contributed by atoms with Crippen molar-refractivity contribution in [3.05, 3.63) is 45.4 Å². The van der Waals surface area contributed by atoms with Crippen LogP contribution in [0.5, 0.6) is 0 Å². The van der Waals surface area contributed by atoms with E-state index in [4.69, 9.17) is 17.3 Å². The predicted octanol–water partition coefficient (Wildman–Crippen LogP) is 5.08. The van der Waals surface area contributed by atoms with Crippen LogP contribution in [0.15, 0.2) is 34.8 Å². The fraction of sp³-hybridized carbons (Fsp3) is 0.0714. The van der Waals surface area contributed by atoms with Gasteiger partial charge in [0, 0.05) is 56.2 Å². The van der Waals surface area contributed by atoms with Gasteiger partial charge in [0.15, 0.2) is 0 Å². The molecule has 1 heterocycles. The van der Waals surface area contributed by atoms with Crippen molar-refractivity contribution in [1.82, 2.24) is 3.97 Å². The van der Waals surface area contributed by atoms with E-state index >= 15 is 0 Å². The third-order valence-electron chi connectivity index (χ3n) is 3.32. The van der Waals surface area contributed by atoms with Crippen molar-refractivity contribution in [1.29, 1.82) is 0 Å². The van der Waals surface area contributed by atoms with E-state index in [-0.39, 0.29) is 12.3 Å². The Hall–Kier alpha value is -0.440. The molecule has 2 N–H and O–H groups in total. The maximum absolute atomic E-state index is 11.4. The molecule has 0 saturated carbocycles. The summed E-state index contributed by atoms with van der Waals surface area (Å²) in [6.07, 6.45) is 0.194. The van der Waals surface area contributed by atoms with Gasteiger partial charge in [-0.1, -0.05) is 33.6 Å². The van der Waals surface area contributed by atoms with Crippen LogP contribution in [-0.4, -0.2) is 9.88 Å². The number of carbonyl (C=O) groups excluding carboxylic acids is 1. The summed E-state index contributed by atoms with van der Waals surface area (Å²) < 4.78 is 2.99. The highest BCUT2D eigenvalue weighted by Crippen LogP contribution is 2.39. The van der Waals surface area contributed by atoms with Gasteiger partial charge >= 0.3 is 0 Å². The molecule has 3 nitrogen and oxygen atoms in total. The fourth-order valence-corrected chi connectivity index (χ4v) is 4.87. The van der Waals surface area contributed by atoms with E-state index in [1.54, 1.807) is 9.12 Å². The summed E-state index contributed by atoms with van der Waals surface area (Å²) in [6, 6.07) is 9.79. The molecule has 7 heteroatoms. The lowest BCUT2D eigenvalue weighted by Crippen LogP contribution is -2.14. The molecule has 3 aromatic rings. The fourth-order valence-electron chi connectivity index (χ4n) is 2.50. The van der Waals surface area contributed by atoms with E-state index in [0.29, 0.717) is 5.02 Å². The number of nitrogens with zero attached hydrogens (tertiary/aromatic N) is 1. The number of primary amides is 1. The molecular weight excluding hydrogens is 486 g/mol. The molecule has 0 radical (unpaired) electrons. The van der Waals surface area contributed by atoms with E-state index in [1.165, 1.54) is 0 Å². The zero-order valence-electron chi connectivity index (χ0n) is 10.6. The number of halogens is 3. The molecule has 108 valence electrons. The standard InChI is InChI=1S/C14H9BrClIN2OS/c15-11-3-2-8-9-5-7(16)1-4-12(9)19(21-17)14(8)10(11)6-13(18)20/h1-5H,6H2,(H2,18,20). The lowest BCUT2D eigenvalue weighted by molar-refractivity contribution is -0.117. The number of hydrogen-bond donors (Lipinski definition) is 1. The van der Waals surface area contributed by atoms with E-state index in [9.17, 15) is 4.79 Å². The minimum Gasteiger partial charge on any atom is -0.369 e. The molecule has 0 unspecified atom stereocenters. The van der Waals surface area contributed by atoms with E-state index in [1.807, 2.05) is 30.3 Å². The molecule has 0 saturated heterocycles. The van der Waals surface area contributed by atoms with Crippen LogP contribution in [0.2, 0.25) is 5.02 Å². The largest absolute Gasteiger partial charge is 0.369 e. The number of aromatic nitrogens is 1. The van der Waals surface area contributed by atoms with Crippen molar-refractivity contribution < 1.29 is 4.79 Å². The number of amides is 1. The Kier molecular flexibility index (Phi) is 4.40. The predicted molar refractivity (Wildman–Crippen MR) is 102 cm³/mol. The minimum atomic E-state index is -0.350. The minimum absolute atomic E-state index is 0.194. The zero-order chi connectivity index (χ0) is 15.1. The van der Waals surface area contributed by atoms with Crippen LogP contribution in [-0.2, 0) is 11.2 Å². The first-order chi connectivity index (χ1) is 10.0. The highest BCUT2D eigenvalue weighted by molar-refractivity contribution is 14.2. The molecule has 0 atom stereocenters. The summed E-state index contributed by atoms with van der Waals surface area (Å²) in [7, 11) is 1.56. The van der Waals surface area contributed by atoms with Crippen molar-refractivity contribution in [3.8, 4) is 0 Å². The van der Waals surface area contributed by atoms with Crippen LogP contribution in [0, 0.1) is 0 Å². The summed E-state index contributed by atoms with van der Waals surface area (Å²) in [5.74, 6) is -0.350. The number of carbonyl (C=O) groups is 1. The van der Waals surface area contributed by atoms with Gasteiger partial charge in [-0.25, -0.2) is 0 Å². The summed E-state index contributed by atoms with van der Waals surface area (Å²) in [6.45, 7) is 0. The van der Waals surface area contributed by atoms with Gasteiger partial charge in [-0.3, -0.25) is 8.77 Å². The number of fused-ring (bicyclic) bond motifs is 3. The van der Waals surface area contributed by atoms with E-state index in [2.05, 4.69) is 41.1 Å². The molecule has 0 aliphatic carbocycles. The molecule has 0 fully saturated rings. The maximum Gasteiger partial charge on any atom is 0.221 e. The number of hydrogen-bond acceptors (Lipinski definition) is 2. The van der Waals surface area contributed by atoms with Gasteiger partial charge in [-0.15, -0.1) is 0 Å². The van der Waals surface area contributed by atoms with Gasteiger partial charge in [0.05, 0.1) is 17.5 Å². The van der Waals surface area contributed by atoms with Crippen molar-refractivity contribution in [2.75, 3.05) is 0 Å². The molecule has 0 bridgehead atoms. The van der Waals surface area contributed by atoms with Gasteiger partial charge in [0.25, 0.3) is 0 Å². The molecule has 0 spiro atoms. The Balaban J connectivity index is 2.50. The monoisotopic (exact) mass is 494 g/mol. The molecule has 21 heavy (non-hydrogen) atoms. The molecule has 3 rings (SSSR count). The smallest absolute Gasteiger partial charge is 0.221 e. The average Bonchev–Trinajstić information content (AvgIpc) is 2.74. The van der Waals surface area contributed by atoms with E-state index < -0.39 is 0 Å². The Morgan fingerprint density at radius 1 is 1.33 bits per heavy atom. The van der Waals surface area contributed by atoms with Crippen molar-refractivity contribution >= 4 is 85.6 Å². The molecule has 0 aliphatic heterocycles. The van der Waals surface area contributed by atoms with Crippen LogP contribution >= 0.6 is 57.9 Å². The van der Waals surface area contributed by atoms with Crippen LogP contribution in [0.4, 0.5) is 0 Å². The van der Waals surface area contributed by atoms with E-state index in [0.717, 1.165) is 31.8 Å². The van der Waals surface area contributed by atoms with Crippen molar-refractivity contribution in [2.24, 2.45) is 5.73 Å². The van der Waals surface area contributed by atoms with Gasteiger partial charge < -0.3 is 5.73 Å². The molecule has 1 amide bonds. The molecule has 2 aromatic carbocycles. The number of benzene rings is 2. The van der Waals surface area contributed by atoms with Gasteiger partial charge in [-0.2, -0.15) is 0 Å². The first kappa shape index (κ1) is 15.5. The number of rotatable bonds is 3. The summed E-state index contributed by atoms with van der Waals surface area (Å²) >= 11 is 11.9. The quantitative estimate of drug-likeness (QED) is 0.515. The first-order valence-corrected chi connectivity index (χ1v) is 10.5. The normalized spacial score (nSPS) is 11.4. The lowest BCUT2D eigenvalue weighted by Gasteiger charge is -2.08. The summed E-state index contributed by atoms with van der Waals surface area (Å²) in [5, 5.41) is 2.83. The average molecular weight is 496 g/mol. The van der Waals surface area contributed by atoms with Crippen LogP contribution in [0.25, 0.3) is 21.8 Å². The third-order valence-corrected chi connectivity index (χ3v) is 5.99. The molecular formula is C14H9BrClIN2OS. The second-order valence-corrected chi connectivity index (χ2v) is 7.57. The SMILES string of the molecule is NC(=O)Cc1c(Br)ccc2c3cc(Cl)ccc3n(SI)c12. The Labute approximate surface area is 151 Å². The van der Waals surface area contributed by atoms with Gasteiger partial charge in [0.2, 0.25) is 5.91 Å². The summed E-state index contributed by atoms with van der Waals surface area (Å²) in [5.41, 5.74) is 8.36. The Bertz CT molecular complexity index is 880. The second-order valence-electron chi connectivity index (χ2n) is 4.59. The highest BCUT2D eigenvalue weighted by Gasteiger charge is 2.17. The van der Waals surface area contributed by atoms with Crippen LogP contribution < -0.4 is 5.73 Å². The van der Waals surface area contributed by atoms with Crippen molar-refractivity contribution in [3.63, 3.8) is 0 Å². The topological polar surface area (TPSA) is 48.0 Å². The van der Waals surface area contributed by atoms with Gasteiger partial charge in [-0.05, 0) is 24.3 Å². The first-order valence-electron chi connectivity index (χ1n) is 6.01. The van der Waals surface area contributed by atoms with Crippen LogP contribution in [0.1, 0.15) is 5.56 Å². The Morgan fingerprint density at radius 2 is 2.10 bits per heavy atom. The van der Waals surface area contributed by atoms with Gasteiger partial charge in [0.1, 0.15) is 0 Å². The highest BCUT2D eigenvalue weighted by atomic mass is 127. The number of nitrogens with two attached hydrogens (primary N) is 1. The molecule has 0 aliphatic rings. The Morgan fingerprint density at radius 3 is 2.76 bits per heavy atom. The lowest BCUT2D eigenvalue weighted by atomic mass is 10.1.